The smallest absolute Gasteiger partial charge is 0.241 e. The van der Waals surface area contributed by atoms with Crippen LogP contribution >= 0.6 is 24.8 Å². The first-order chi connectivity index (χ1) is 9.90. The molecule has 0 atom stereocenters. The van der Waals surface area contributed by atoms with Gasteiger partial charge in [0.2, 0.25) is 10.0 Å². The maximum atomic E-state index is 12.5. The second kappa shape index (κ2) is 9.81. The van der Waals surface area contributed by atoms with Gasteiger partial charge in [0, 0.05) is 39.3 Å². The lowest BCUT2D eigenvalue weighted by Crippen LogP contribution is -2.46. The third-order valence-electron chi connectivity index (χ3n) is 3.80. The highest BCUT2D eigenvalue weighted by molar-refractivity contribution is 7.89. The first-order valence-electron chi connectivity index (χ1n) is 7.41. The molecule has 134 valence electrons. The summed E-state index contributed by atoms with van der Waals surface area (Å²) in [5.74, 6) is 0. The van der Waals surface area contributed by atoms with Crippen LogP contribution in [0.5, 0.6) is 0 Å². The number of sulfonamides is 1. The van der Waals surface area contributed by atoms with Crippen LogP contribution in [0, 0.1) is 20.8 Å². The van der Waals surface area contributed by atoms with Gasteiger partial charge in [0.25, 0.3) is 0 Å². The molecule has 2 rings (SSSR count). The van der Waals surface area contributed by atoms with Crippen molar-refractivity contribution in [3.05, 3.63) is 28.8 Å². The normalized spacial score (nSPS) is 15.6. The van der Waals surface area contributed by atoms with Crippen molar-refractivity contribution in [2.45, 2.75) is 25.7 Å². The van der Waals surface area contributed by atoms with Gasteiger partial charge in [0.15, 0.2) is 0 Å². The molecule has 1 aromatic carbocycles. The van der Waals surface area contributed by atoms with Crippen molar-refractivity contribution in [2.75, 3.05) is 39.3 Å². The highest BCUT2D eigenvalue weighted by atomic mass is 35.5. The summed E-state index contributed by atoms with van der Waals surface area (Å²) in [5.41, 5.74) is 2.70. The Morgan fingerprint density at radius 2 is 1.61 bits per heavy atom. The third kappa shape index (κ3) is 6.21. The average Bonchev–Trinajstić information content (AvgIpc) is 2.38. The van der Waals surface area contributed by atoms with E-state index in [0.717, 1.165) is 49.4 Å². The number of hydrogen-bond acceptors (Lipinski definition) is 4. The maximum absolute atomic E-state index is 12.5. The fraction of sp³-hybridized carbons (Fsp3) is 0.600. The number of benzene rings is 1. The molecule has 1 aliphatic rings. The molecule has 1 fully saturated rings. The Balaban J connectivity index is 0.00000242. The molecule has 0 radical (unpaired) electrons. The van der Waals surface area contributed by atoms with E-state index in [1.54, 1.807) is 0 Å². The topological polar surface area (TPSA) is 61.4 Å². The molecule has 0 amide bonds. The fourth-order valence-electron chi connectivity index (χ4n) is 2.94. The SMILES string of the molecule is Cc1cc(C)c(S(=O)(=O)NCCN2CCNCC2)c(C)c1.Cl.Cl. The van der Waals surface area contributed by atoms with Crippen LogP contribution in [0.3, 0.4) is 0 Å². The Bertz CT molecular complexity index is 580. The second-order valence-corrected chi connectivity index (χ2v) is 7.42. The van der Waals surface area contributed by atoms with E-state index in [1.165, 1.54) is 0 Å². The summed E-state index contributed by atoms with van der Waals surface area (Å²) in [6, 6.07) is 3.83. The lowest BCUT2D eigenvalue weighted by atomic mass is 10.1. The molecule has 0 aromatic heterocycles. The van der Waals surface area contributed by atoms with Gasteiger partial charge in [0.1, 0.15) is 0 Å². The molecule has 8 heteroatoms. The van der Waals surface area contributed by atoms with Crippen LogP contribution in [0.2, 0.25) is 0 Å². The van der Waals surface area contributed by atoms with Crippen LogP contribution in [-0.2, 0) is 10.0 Å². The Kier molecular flexibility index (Phi) is 9.65. The van der Waals surface area contributed by atoms with Gasteiger partial charge in [-0.3, -0.25) is 4.90 Å². The molecular weight excluding hydrogens is 357 g/mol. The molecule has 5 nitrogen and oxygen atoms in total. The zero-order chi connectivity index (χ0) is 15.5. The van der Waals surface area contributed by atoms with E-state index in [2.05, 4.69) is 14.9 Å². The lowest BCUT2D eigenvalue weighted by molar-refractivity contribution is 0.245. The van der Waals surface area contributed by atoms with Gasteiger partial charge in [-0.1, -0.05) is 17.7 Å². The zero-order valence-electron chi connectivity index (χ0n) is 13.9. The number of nitrogens with zero attached hydrogens (tertiary/aromatic N) is 1. The van der Waals surface area contributed by atoms with E-state index < -0.39 is 10.0 Å². The van der Waals surface area contributed by atoms with Crippen LogP contribution in [0.4, 0.5) is 0 Å². The van der Waals surface area contributed by atoms with E-state index >= 15 is 0 Å². The molecule has 1 aliphatic heterocycles. The quantitative estimate of drug-likeness (QED) is 0.810. The summed E-state index contributed by atoms with van der Waals surface area (Å²) >= 11 is 0. The monoisotopic (exact) mass is 383 g/mol. The van der Waals surface area contributed by atoms with Crippen LogP contribution < -0.4 is 10.0 Å². The summed E-state index contributed by atoms with van der Waals surface area (Å²) in [4.78, 5) is 2.70. The average molecular weight is 384 g/mol. The molecule has 1 heterocycles. The van der Waals surface area contributed by atoms with Crippen molar-refractivity contribution in [3.63, 3.8) is 0 Å². The highest BCUT2D eigenvalue weighted by Gasteiger charge is 2.20. The molecule has 0 bridgehead atoms. The van der Waals surface area contributed by atoms with Crippen molar-refractivity contribution in [2.24, 2.45) is 0 Å². The Morgan fingerprint density at radius 1 is 1.09 bits per heavy atom. The summed E-state index contributed by atoms with van der Waals surface area (Å²) in [6.45, 7) is 10.8. The van der Waals surface area contributed by atoms with Gasteiger partial charge in [-0.05, 0) is 31.9 Å². The van der Waals surface area contributed by atoms with E-state index in [-0.39, 0.29) is 24.8 Å². The van der Waals surface area contributed by atoms with E-state index in [4.69, 9.17) is 0 Å². The minimum atomic E-state index is -3.43. The lowest BCUT2D eigenvalue weighted by Gasteiger charge is -2.27. The summed E-state index contributed by atoms with van der Waals surface area (Å²) in [7, 11) is -3.43. The van der Waals surface area contributed by atoms with Gasteiger partial charge < -0.3 is 5.32 Å². The predicted octanol–water partition coefficient (Wildman–Crippen LogP) is 1.64. The molecule has 23 heavy (non-hydrogen) atoms. The van der Waals surface area contributed by atoms with Crippen LogP contribution in [-0.4, -0.2) is 52.6 Å². The van der Waals surface area contributed by atoms with E-state index in [0.29, 0.717) is 11.4 Å². The molecule has 0 saturated carbocycles. The molecule has 0 spiro atoms. The van der Waals surface area contributed by atoms with Gasteiger partial charge >= 0.3 is 0 Å². The Hall–Kier alpha value is -0.370. The highest BCUT2D eigenvalue weighted by Crippen LogP contribution is 2.21. The van der Waals surface area contributed by atoms with Crippen molar-refractivity contribution < 1.29 is 8.42 Å². The molecule has 0 aliphatic carbocycles. The van der Waals surface area contributed by atoms with E-state index in [1.807, 2.05) is 32.9 Å². The van der Waals surface area contributed by atoms with Crippen LogP contribution in [0.15, 0.2) is 17.0 Å². The van der Waals surface area contributed by atoms with Crippen molar-refractivity contribution in [3.8, 4) is 0 Å². The summed E-state index contributed by atoms with van der Waals surface area (Å²) < 4.78 is 27.7. The molecular formula is C15H27Cl2N3O2S. The molecule has 1 aromatic rings. The number of aryl methyl sites for hydroxylation is 3. The summed E-state index contributed by atoms with van der Waals surface area (Å²) in [6.07, 6.45) is 0. The first kappa shape index (κ1) is 22.6. The number of nitrogens with one attached hydrogen (secondary N) is 2. The number of rotatable bonds is 5. The van der Waals surface area contributed by atoms with Gasteiger partial charge in [-0.2, -0.15) is 0 Å². The minimum Gasteiger partial charge on any atom is -0.314 e. The van der Waals surface area contributed by atoms with Crippen molar-refractivity contribution >= 4 is 34.8 Å². The number of hydrogen-bond donors (Lipinski definition) is 2. The standard InChI is InChI=1S/C15H25N3O2S.2ClH/c1-12-10-13(2)15(14(3)11-12)21(19,20)17-6-9-18-7-4-16-5-8-18;;/h10-11,16-17H,4-9H2,1-3H3;2*1H. The van der Waals surface area contributed by atoms with Gasteiger partial charge in [-0.15, -0.1) is 24.8 Å². The van der Waals surface area contributed by atoms with Gasteiger partial charge in [0.05, 0.1) is 4.90 Å². The largest absolute Gasteiger partial charge is 0.314 e. The minimum absolute atomic E-state index is 0. The predicted molar refractivity (Wildman–Crippen MR) is 99.6 cm³/mol. The molecule has 2 N–H and O–H groups in total. The summed E-state index contributed by atoms with van der Waals surface area (Å²) in [5, 5.41) is 3.29. The van der Waals surface area contributed by atoms with Crippen molar-refractivity contribution in [1.29, 1.82) is 0 Å². The maximum Gasteiger partial charge on any atom is 0.241 e. The molecule has 0 unspecified atom stereocenters. The second-order valence-electron chi connectivity index (χ2n) is 5.72. The van der Waals surface area contributed by atoms with Crippen LogP contribution in [0.1, 0.15) is 16.7 Å². The van der Waals surface area contributed by atoms with E-state index in [9.17, 15) is 8.42 Å². The Morgan fingerprint density at radius 3 is 2.13 bits per heavy atom. The fourth-order valence-corrected chi connectivity index (χ4v) is 4.41. The third-order valence-corrected chi connectivity index (χ3v) is 5.57. The zero-order valence-corrected chi connectivity index (χ0v) is 16.3. The number of halogens is 2. The van der Waals surface area contributed by atoms with Gasteiger partial charge in [-0.25, -0.2) is 13.1 Å². The van der Waals surface area contributed by atoms with Crippen LogP contribution in [0.25, 0.3) is 0 Å². The Labute approximate surface area is 152 Å². The van der Waals surface area contributed by atoms with Crippen molar-refractivity contribution in [1.82, 2.24) is 14.9 Å². The first-order valence-corrected chi connectivity index (χ1v) is 8.89. The molecule has 1 saturated heterocycles. The number of piperazine rings is 1.